The zero-order valence-corrected chi connectivity index (χ0v) is 26.2. The molecule has 4 rings (SSSR count). The Kier molecular flexibility index (Phi) is 20.1. The van der Waals surface area contributed by atoms with Crippen molar-refractivity contribution in [1.29, 1.82) is 0 Å². The van der Waals surface area contributed by atoms with Gasteiger partial charge in [0.2, 0.25) is 0 Å². The van der Waals surface area contributed by atoms with Gasteiger partial charge in [-0.1, -0.05) is 41.0 Å². The fraction of sp³-hybridized carbons (Fsp3) is 1.00. The van der Waals surface area contributed by atoms with Crippen molar-refractivity contribution >= 4 is 11.8 Å². The van der Waals surface area contributed by atoms with Crippen molar-refractivity contribution in [3.8, 4) is 0 Å². The van der Waals surface area contributed by atoms with E-state index in [1.165, 1.54) is 96.5 Å². The van der Waals surface area contributed by atoms with Crippen LogP contribution in [0.2, 0.25) is 0 Å². The van der Waals surface area contributed by atoms with E-state index in [1.54, 1.807) is 0 Å². The molecule has 4 atom stereocenters. The highest BCUT2D eigenvalue weighted by Gasteiger charge is 2.66. The van der Waals surface area contributed by atoms with Crippen LogP contribution in [0, 0.1) is 11.3 Å². The molecular weight excluding hydrogens is 482 g/mol. The lowest BCUT2D eigenvalue weighted by Crippen LogP contribution is -2.45. The van der Waals surface area contributed by atoms with Crippen LogP contribution in [-0.2, 0) is 4.74 Å². The van der Waals surface area contributed by atoms with Crippen molar-refractivity contribution in [3.63, 3.8) is 0 Å². The van der Waals surface area contributed by atoms with Crippen molar-refractivity contribution in [1.82, 2.24) is 4.90 Å². The maximum Gasteiger partial charge on any atom is 0.124 e. The fourth-order valence-corrected chi connectivity index (χ4v) is 7.83. The molecule has 7 heteroatoms. The lowest BCUT2D eigenvalue weighted by molar-refractivity contribution is -0.0736. The molecule has 4 fully saturated rings. The quantitative estimate of drug-likeness (QED) is 0.351. The highest BCUT2D eigenvalue weighted by atomic mass is 32.2. The van der Waals surface area contributed by atoms with Gasteiger partial charge in [0, 0.05) is 25.1 Å². The van der Waals surface area contributed by atoms with Crippen molar-refractivity contribution in [2.75, 3.05) is 31.6 Å². The molecule has 226 valence electrons. The highest BCUT2D eigenvalue weighted by molar-refractivity contribution is 7.99. The van der Waals surface area contributed by atoms with E-state index in [1.807, 2.05) is 27.7 Å². The van der Waals surface area contributed by atoms with Gasteiger partial charge >= 0.3 is 0 Å². The molecule has 2 saturated heterocycles. The van der Waals surface area contributed by atoms with E-state index in [0.29, 0.717) is 12.0 Å². The smallest absolute Gasteiger partial charge is 0.124 e. The molecule has 7 N–H and O–H groups in total. The third-order valence-electron chi connectivity index (χ3n) is 8.69. The van der Waals surface area contributed by atoms with Crippen molar-refractivity contribution < 1.29 is 16.7 Å². The topological polar surface area (TPSA) is 116 Å². The first-order chi connectivity index (χ1) is 17.5. The average molecular weight is 550 g/mol. The van der Waals surface area contributed by atoms with Crippen LogP contribution in [-0.4, -0.2) is 71.1 Å². The van der Waals surface area contributed by atoms with Crippen molar-refractivity contribution in [3.05, 3.63) is 0 Å². The number of hydrogen-bond acceptors (Lipinski definition) is 6. The maximum atomic E-state index is 10.2. The number of aliphatic hydroxyl groups excluding tert-OH is 1. The third kappa shape index (κ3) is 11.3. The van der Waals surface area contributed by atoms with Gasteiger partial charge in [-0.05, 0) is 109 Å². The molecule has 1 spiro atoms. The lowest BCUT2D eigenvalue weighted by Gasteiger charge is -2.39. The van der Waals surface area contributed by atoms with Crippen LogP contribution >= 0.6 is 11.8 Å². The number of rotatable bonds is 6. The summed E-state index contributed by atoms with van der Waals surface area (Å²) in [5.74, 6) is 3.05. The first-order valence-corrected chi connectivity index (χ1v) is 16.7. The summed E-state index contributed by atoms with van der Waals surface area (Å²) in [5, 5.41) is 10.2. The van der Waals surface area contributed by atoms with E-state index >= 15 is 0 Å². The fourth-order valence-electron chi connectivity index (χ4n) is 6.43. The van der Waals surface area contributed by atoms with Crippen LogP contribution in [0.4, 0.5) is 0 Å². The molecule has 4 aliphatic rings. The first-order valence-electron chi connectivity index (χ1n) is 15.6. The number of thioether (sulfide) groups is 1. The molecule has 37 heavy (non-hydrogen) atoms. The zero-order chi connectivity index (χ0) is 27.0. The van der Waals surface area contributed by atoms with Gasteiger partial charge in [0.25, 0.3) is 0 Å². The molecule has 0 bridgehead atoms. The van der Waals surface area contributed by atoms with Gasteiger partial charge in [0.05, 0.1) is 12.2 Å². The summed E-state index contributed by atoms with van der Waals surface area (Å²) in [5.41, 5.74) is 11.2. The number of likely N-dealkylation sites (tertiary alicyclic amines) is 1. The van der Waals surface area contributed by atoms with Gasteiger partial charge in [-0.2, -0.15) is 11.8 Å². The van der Waals surface area contributed by atoms with Gasteiger partial charge in [0.15, 0.2) is 0 Å². The molecular formula is C30H67N3O3S. The van der Waals surface area contributed by atoms with Gasteiger partial charge in [0.1, 0.15) is 5.72 Å². The summed E-state index contributed by atoms with van der Waals surface area (Å²) in [4.78, 5) is 2.75. The minimum atomic E-state index is -0.388. The lowest BCUT2D eigenvalue weighted by atomic mass is 9.87. The molecule has 2 saturated carbocycles. The van der Waals surface area contributed by atoms with E-state index < -0.39 is 0 Å². The summed E-state index contributed by atoms with van der Waals surface area (Å²) in [7, 11) is 1.50. The standard InChI is InChI=1S/C25H46N2O2S.2C2H6.CH5N.H2O.H2/c1-2-22(28)17-20-7-6-16-30-19-24(13-12-20)18-25(24,26)29-23-10-8-21(9-11-23)27-14-4-3-5-15-27;3*1-2;;/h20-23,28H,2-19,26H2,1H3;2*1-2H3;2H2,1H3;1H2;1H/t20-,21?,22?,23?,24?,25?;;;;;/m0...../s1. The van der Waals surface area contributed by atoms with Crippen LogP contribution in [0.25, 0.3) is 0 Å². The van der Waals surface area contributed by atoms with Crippen molar-refractivity contribution in [2.45, 2.75) is 148 Å². The SMILES string of the molecule is CC.CC.CCC(O)C[C@H]1CCCSCC2(CC1)CC2(N)OC1CCC(N2CCCCC2)CC1.CN.O.[HH]. The minimum Gasteiger partial charge on any atom is -0.412 e. The molecule has 0 aromatic carbocycles. The Morgan fingerprint density at radius 3 is 2.19 bits per heavy atom. The predicted molar refractivity (Wildman–Crippen MR) is 165 cm³/mol. The largest absolute Gasteiger partial charge is 0.412 e. The normalized spacial score (nSPS) is 34.8. The van der Waals surface area contributed by atoms with Gasteiger partial charge < -0.3 is 31.7 Å². The van der Waals surface area contributed by atoms with Crippen LogP contribution < -0.4 is 11.5 Å². The van der Waals surface area contributed by atoms with E-state index in [-0.39, 0.29) is 24.1 Å². The second kappa shape index (κ2) is 20.1. The Labute approximate surface area is 236 Å². The molecule has 0 aromatic rings. The average Bonchev–Trinajstić information content (AvgIpc) is 3.49. The number of hydrogen-bond donors (Lipinski definition) is 3. The molecule has 0 radical (unpaired) electrons. The number of aliphatic hydroxyl groups is 1. The van der Waals surface area contributed by atoms with Gasteiger partial charge in [-0.25, -0.2) is 0 Å². The van der Waals surface area contributed by atoms with Crippen LogP contribution in [0.15, 0.2) is 0 Å². The van der Waals surface area contributed by atoms with Gasteiger partial charge in [-0.3, -0.25) is 0 Å². The zero-order valence-electron chi connectivity index (χ0n) is 25.4. The Bertz CT molecular complexity index is 551. The third-order valence-corrected chi connectivity index (χ3v) is 10.0. The first kappa shape index (κ1) is 37.1. The molecule has 3 unspecified atom stereocenters. The summed E-state index contributed by atoms with van der Waals surface area (Å²) >= 11 is 2.09. The van der Waals surface area contributed by atoms with E-state index in [2.05, 4.69) is 29.3 Å². The second-order valence-corrected chi connectivity index (χ2v) is 12.0. The van der Waals surface area contributed by atoms with Gasteiger partial charge in [-0.15, -0.1) is 0 Å². The molecule has 2 aliphatic carbocycles. The molecule has 0 amide bonds. The number of ether oxygens (including phenoxy) is 1. The monoisotopic (exact) mass is 549 g/mol. The molecule has 6 nitrogen and oxygen atoms in total. The van der Waals surface area contributed by atoms with Crippen LogP contribution in [0.1, 0.15) is 126 Å². The Morgan fingerprint density at radius 1 is 0.973 bits per heavy atom. The summed E-state index contributed by atoms with van der Waals surface area (Å²) in [6, 6.07) is 0.790. The number of nitrogens with two attached hydrogens (primary N) is 2. The van der Waals surface area contributed by atoms with Crippen LogP contribution in [0.5, 0.6) is 0 Å². The van der Waals surface area contributed by atoms with Crippen LogP contribution in [0.3, 0.4) is 0 Å². The minimum absolute atomic E-state index is 0. The van der Waals surface area contributed by atoms with E-state index in [4.69, 9.17) is 10.5 Å². The highest BCUT2D eigenvalue weighted by Crippen LogP contribution is 2.61. The Balaban J connectivity index is 0. The Hall–Kier alpha value is 0.110. The summed E-state index contributed by atoms with van der Waals surface area (Å²) in [6.45, 7) is 12.7. The molecule has 2 aliphatic heterocycles. The number of piperidine rings is 1. The van der Waals surface area contributed by atoms with E-state index in [0.717, 1.165) is 31.1 Å². The Morgan fingerprint density at radius 2 is 1.59 bits per heavy atom. The summed E-state index contributed by atoms with van der Waals surface area (Å²) in [6.07, 6.45) is 17.2. The molecule has 2 heterocycles. The van der Waals surface area contributed by atoms with Crippen molar-refractivity contribution in [2.24, 2.45) is 22.8 Å². The summed E-state index contributed by atoms with van der Waals surface area (Å²) < 4.78 is 6.69. The maximum absolute atomic E-state index is 10.2. The molecule has 0 aromatic heterocycles. The second-order valence-electron chi connectivity index (χ2n) is 10.9. The predicted octanol–water partition coefficient (Wildman–Crippen LogP) is 5.98. The van der Waals surface area contributed by atoms with E-state index in [9.17, 15) is 5.11 Å². The number of nitrogens with zero attached hydrogens (tertiary/aromatic N) is 1.